The molecule has 10 nitrogen and oxygen atoms in total. The summed E-state index contributed by atoms with van der Waals surface area (Å²) in [4.78, 5) is 22.1. The predicted molar refractivity (Wildman–Crippen MR) is 71.6 cm³/mol. The van der Waals surface area contributed by atoms with Crippen LogP contribution in [0.15, 0.2) is 12.1 Å². The van der Waals surface area contributed by atoms with Gasteiger partial charge in [-0.25, -0.2) is 0 Å². The van der Waals surface area contributed by atoms with Crippen LogP contribution < -0.4 is 10.6 Å². The molecule has 10 heteroatoms. The van der Waals surface area contributed by atoms with Crippen LogP contribution in [-0.2, 0) is 11.2 Å². The number of amides is 1. The lowest BCUT2D eigenvalue weighted by molar-refractivity contribution is -0.384. The summed E-state index contributed by atoms with van der Waals surface area (Å²) in [7, 11) is 0. The number of nitro groups is 1. The van der Waals surface area contributed by atoms with Gasteiger partial charge in [0.15, 0.2) is 5.82 Å². The fourth-order valence-corrected chi connectivity index (χ4v) is 2.18. The molecular weight excluding hydrogens is 278 g/mol. The Kier molecular flexibility index (Phi) is 2.97. The summed E-state index contributed by atoms with van der Waals surface area (Å²) in [6.45, 7) is 1.75. The number of aromatic amines is 1. The molecule has 1 aliphatic rings. The number of nitrogens with zero attached hydrogens (tertiary/aromatic N) is 4. The van der Waals surface area contributed by atoms with E-state index in [0.29, 0.717) is 22.8 Å². The van der Waals surface area contributed by atoms with Crippen LogP contribution in [0.3, 0.4) is 0 Å². The SMILES string of the molecule is CC(Nc1cc2c(cc1[N+](=O)[O-])CC(=O)N2)c1nn[nH]n1. The lowest BCUT2D eigenvalue weighted by Crippen LogP contribution is -2.10. The molecule has 1 unspecified atom stereocenters. The molecular formula is C11H11N7O3. The fraction of sp³-hybridized carbons (Fsp3) is 0.273. The van der Waals surface area contributed by atoms with Crippen LogP contribution >= 0.6 is 0 Å². The third-order valence-electron chi connectivity index (χ3n) is 3.16. The summed E-state index contributed by atoms with van der Waals surface area (Å²) in [5.41, 5.74) is 1.39. The van der Waals surface area contributed by atoms with Crippen molar-refractivity contribution in [1.82, 2.24) is 20.6 Å². The lowest BCUT2D eigenvalue weighted by atomic mass is 10.1. The molecule has 0 aliphatic carbocycles. The number of hydrogen-bond acceptors (Lipinski definition) is 7. The number of H-pyrrole nitrogens is 1. The number of carbonyl (C=O) groups excluding carboxylic acids is 1. The molecule has 0 radical (unpaired) electrons. The summed E-state index contributed by atoms with van der Waals surface area (Å²) >= 11 is 0. The Morgan fingerprint density at radius 3 is 2.95 bits per heavy atom. The van der Waals surface area contributed by atoms with Gasteiger partial charge in [-0.2, -0.15) is 5.21 Å². The van der Waals surface area contributed by atoms with E-state index < -0.39 is 4.92 Å². The van der Waals surface area contributed by atoms with Gasteiger partial charge in [0, 0.05) is 11.8 Å². The predicted octanol–water partition coefficient (Wildman–Crippen LogP) is 0.776. The molecule has 3 N–H and O–H groups in total. The number of anilines is 2. The van der Waals surface area contributed by atoms with Gasteiger partial charge >= 0.3 is 0 Å². The highest BCUT2D eigenvalue weighted by Crippen LogP contribution is 2.35. The summed E-state index contributed by atoms with van der Waals surface area (Å²) < 4.78 is 0. The third-order valence-corrected chi connectivity index (χ3v) is 3.16. The monoisotopic (exact) mass is 289 g/mol. The molecule has 1 aliphatic heterocycles. The van der Waals surface area contributed by atoms with Crippen LogP contribution in [0.5, 0.6) is 0 Å². The van der Waals surface area contributed by atoms with E-state index in [-0.39, 0.29) is 24.1 Å². The molecule has 0 bridgehead atoms. The Bertz CT molecular complexity index is 713. The number of fused-ring (bicyclic) bond motifs is 1. The van der Waals surface area contributed by atoms with E-state index >= 15 is 0 Å². The highest BCUT2D eigenvalue weighted by Gasteiger charge is 2.25. The highest BCUT2D eigenvalue weighted by atomic mass is 16.6. The van der Waals surface area contributed by atoms with Crippen molar-refractivity contribution in [2.45, 2.75) is 19.4 Å². The first kappa shape index (κ1) is 13.0. The minimum Gasteiger partial charge on any atom is -0.370 e. The minimum absolute atomic E-state index is 0.0967. The number of rotatable bonds is 4. The Morgan fingerprint density at radius 1 is 1.48 bits per heavy atom. The van der Waals surface area contributed by atoms with Crippen molar-refractivity contribution in [3.05, 3.63) is 33.6 Å². The van der Waals surface area contributed by atoms with Gasteiger partial charge in [0.25, 0.3) is 5.69 Å². The summed E-state index contributed by atoms with van der Waals surface area (Å²) in [5.74, 6) is 0.205. The Morgan fingerprint density at radius 2 is 2.29 bits per heavy atom. The maximum atomic E-state index is 11.4. The molecule has 0 spiro atoms. The molecule has 3 rings (SSSR count). The van der Waals surface area contributed by atoms with Gasteiger partial charge in [-0.3, -0.25) is 14.9 Å². The van der Waals surface area contributed by atoms with Crippen molar-refractivity contribution >= 4 is 23.0 Å². The Hall–Kier alpha value is -3.04. The number of tetrazole rings is 1. The Labute approximate surface area is 118 Å². The first-order valence-corrected chi connectivity index (χ1v) is 6.15. The maximum absolute atomic E-state index is 11.4. The zero-order valence-corrected chi connectivity index (χ0v) is 11.0. The second kappa shape index (κ2) is 4.81. The molecule has 1 aromatic heterocycles. The molecule has 0 saturated heterocycles. The maximum Gasteiger partial charge on any atom is 0.292 e. The standard InChI is InChI=1S/C11H11N7O3/c1-5(11-14-16-17-15-11)12-8-4-7-6(3-10(19)13-7)2-9(8)18(20)21/h2,4-5,12H,3H2,1H3,(H,13,19)(H,14,15,16,17). The van der Waals surface area contributed by atoms with Gasteiger partial charge in [-0.15, -0.1) is 10.2 Å². The largest absolute Gasteiger partial charge is 0.370 e. The average molecular weight is 289 g/mol. The van der Waals surface area contributed by atoms with Crippen LogP contribution in [-0.4, -0.2) is 31.5 Å². The van der Waals surface area contributed by atoms with Gasteiger partial charge in [0.05, 0.1) is 17.4 Å². The number of carbonyl (C=O) groups is 1. The van der Waals surface area contributed by atoms with Gasteiger partial charge in [-0.05, 0) is 18.6 Å². The van der Waals surface area contributed by atoms with E-state index in [4.69, 9.17) is 0 Å². The second-order valence-corrected chi connectivity index (χ2v) is 4.64. The zero-order valence-electron chi connectivity index (χ0n) is 11.0. The fourth-order valence-electron chi connectivity index (χ4n) is 2.18. The number of nitro benzene ring substituents is 1. The normalized spacial score (nSPS) is 14.4. The first-order valence-electron chi connectivity index (χ1n) is 6.15. The lowest BCUT2D eigenvalue weighted by Gasteiger charge is -2.13. The first-order chi connectivity index (χ1) is 10.0. The van der Waals surface area contributed by atoms with Crippen LogP contribution in [0, 0.1) is 10.1 Å². The summed E-state index contributed by atoms with van der Waals surface area (Å²) in [6, 6.07) is 2.57. The molecule has 1 atom stereocenters. The van der Waals surface area contributed by atoms with Crippen LogP contribution in [0.1, 0.15) is 24.4 Å². The van der Waals surface area contributed by atoms with Crippen molar-refractivity contribution in [3.8, 4) is 0 Å². The van der Waals surface area contributed by atoms with Crippen molar-refractivity contribution < 1.29 is 9.72 Å². The van der Waals surface area contributed by atoms with Crippen LogP contribution in [0.4, 0.5) is 17.1 Å². The molecule has 1 amide bonds. The van der Waals surface area contributed by atoms with Gasteiger partial charge in [0.2, 0.25) is 5.91 Å². The molecule has 2 aromatic rings. The van der Waals surface area contributed by atoms with Crippen LogP contribution in [0.2, 0.25) is 0 Å². The number of nitrogens with one attached hydrogen (secondary N) is 3. The van der Waals surface area contributed by atoms with E-state index in [0.717, 1.165) is 0 Å². The van der Waals surface area contributed by atoms with Gasteiger partial charge in [0.1, 0.15) is 5.69 Å². The van der Waals surface area contributed by atoms with E-state index in [9.17, 15) is 14.9 Å². The number of hydrogen-bond donors (Lipinski definition) is 3. The van der Waals surface area contributed by atoms with Crippen molar-refractivity contribution in [2.24, 2.45) is 0 Å². The minimum atomic E-state index is -0.492. The molecule has 108 valence electrons. The smallest absolute Gasteiger partial charge is 0.292 e. The van der Waals surface area contributed by atoms with E-state index in [1.807, 2.05) is 0 Å². The second-order valence-electron chi connectivity index (χ2n) is 4.64. The van der Waals surface area contributed by atoms with E-state index in [2.05, 4.69) is 31.3 Å². The van der Waals surface area contributed by atoms with Crippen molar-refractivity contribution in [1.29, 1.82) is 0 Å². The van der Waals surface area contributed by atoms with Crippen LogP contribution in [0.25, 0.3) is 0 Å². The molecule has 21 heavy (non-hydrogen) atoms. The molecule has 0 fully saturated rings. The molecule has 2 heterocycles. The van der Waals surface area contributed by atoms with E-state index in [1.165, 1.54) is 6.07 Å². The number of aromatic nitrogens is 4. The summed E-state index contributed by atoms with van der Waals surface area (Å²) in [6.07, 6.45) is 0.150. The zero-order chi connectivity index (χ0) is 15.0. The quantitative estimate of drug-likeness (QED) is 0.558. The van der Waals surface area contributed by atoms with Crippen molar-refractivity contribution in [3.63, 3.8) is 0 Å². The Balaban J connectivity index is 1.95. The topological polar surface area (TPSA) is 139 Å². The molecule has 1 aromatic carbocycles. The van der Waals surface area contributed by atoms with Gasteiger partial charge in [-0.1, -0.05) is 5.21 Å². The summed E-state index contributed by atoms with van der Waals surface area (Å²) in [5, 5.41) is 30.2. The van der Waals surface area contributed by atoms with E-state index in [1.54, 1.807) is 13.0 Å². The van der Waals surface area contributed by atoms with Gasteiger partial charge < -0.3 is 10.6 Å². The third kappa shape index (κ3) is 2.38. The van der Waals surface area contributed by atoms with Crippen molar-refractivity contribution in [2.75, 3.05) is 10.6 Å². The molecule has 0 saturated carbocycles. The number of benzene rings is 1. The average Bonchev–Trinajstić information content (AvgIpc) is 3.05. The highest BCUT2D eigenvalue weighted by molar-refractivity contribution is 6.00.